The fraction of sp³-hybridized carbons (Fsp3) is 0.278. The summed E-state index contributed by atoms with van der Waals surface area (Å²) in [5.41, 5.74) is 7.40. The van der Waals surface area contributed by atoms with Crippen LogP contribution in [0.5, 0.6) is 0 Å². The molecule has 0 radical (unpaired) electrons. The van der Waals surface area contributed by atoms with Crippen molar-refractivity contribution in [2.24, 2.45) is 5.73 Å². The number of rotatable bonds is 5. The summed E-state index contributed by atoms with van der Waals surface area (Å²) in [7, 11) is 0. The van der Waals surface area contributed by atoms with Crippen LogP contribution in [-0.4, -0.2) is 40.0 Å². The Balaban J connectivity index is 1.50. The Morgan fingerprint density at radius 1 is 1.19 bits per heavy atom. The molecule has 1 saturated heterocycles. The lowest BCUT2D eigenvalue weighted by molar-refractivity contribution is 0.0996. The molecular formula is C18H21N7O. The monoisotopic (exact) mass is 351 g/mol. The highest BCUT2D eigenvalue weighted by Crippen LogP contribution is 2.22. The molecule has 1 amide bonds. The van der Waals surface area contributed by atoms with E-state index in [0.29, 0.717) is 17.7 Å². The minimum atomic E-state index is -0.476. The van der Waals surface area contributed by atoms with E-state index < -0.39 is 5.91 Å². The average Bonchev–Trinajstić information content (AvgIpc) is 3.07. The first kappa shape index (κ1) is 16.3. The van der Waals surface area contributed by atoms with Crippen molar-refractivity contribution in [2.45, 2.75) is 18.9 Å². The molecule has 1 fully saturated rings. The number of carbonyl (C=O) groups is 1. The van der Waals surface area contributed by atoms with Gasteiger partial charge in [0, 0.05) is 28.8 Å². The highest BCUT2D eigenvalue weighted by molar-refractivity contribution is 5.97. The van der Waals surface area contributed by atoms with Gasteiger partial charge in [0.15, 0.2) is 0 Å². The van der Waals surface area contributed by atoms with Crippen LogP contribution in [0, 0.1) is 0 Å². The molecule has 4 rings (SSSR count). The number of amides is 1. The van der Waals surface area contributed by atoms with E-state index in [1.807, 2.05) is 24.3 Å². The van der Waals surface area contributed by atoms with Crippen molar-refractivity contribution >= 4 is 34.3 Å². The molecule has 0 atom stereocenters. The molecule has 1 aliphatic rings. The maximum atomic E-state index is 11.3. The largest absolute Gasteiger partial charge is 0.367 e. The molecule has 6 N–H and O–H groups in total. The molecule has 3 aromatic rings. The summed E-state index contributed by atoms with van der Waals surface area (Å²) in [6.07, 6.45) is 3.90. The lowest BCUT2D eigenvalue weighted by atomic mass is 10.1. The van der Waals surface area contributed by atoms with Crippen LogP contribution in [0.25, 0.3) is 10.9 Å². The molecule has 0 unspecified atom stereocenters. The number of nitrogens with zero attached hydrogens (tertiary/aromatic N) is 2. The minimum Gasteiger partial charge on any atom is -0.367 e. The third-order valence-corrected chi connectivity index (χ3v) is 4.49. The number of aromatic amines is 1. The first-order chi connectivity index (χ1) is 12.7. The van der Waals surface area contributed by atoms with Crippen molar-refractivity contribution in [3.8, 4) is 0 Å². The Hall–Kier alpha value is -3.13. The molecule has 3 heterocycles. The molecule has 0 aliphatic carbocycles. The summed E-state index contributed by atoms with van der Waals surface area (Å²) in [5.74, 6) is 0.859. The average molecular weight is 351 g/mol. The predicted octanol–water partition coefficient (Wildman–Crippen LogP) is 1.96. The second-order valence-corrected chi connectivity index (χ2v) is 6.41. The number of hydrogen-bond donors (Lipinski definition) is 5. The number of benzene rings is 1. The van der Waals surface area contributed by atoms with Crippen LogP contribution in [0.4, 0.5) is 17.5 Å². The van der Waals surface area contributed by atoms with E-state index in [9.17, 15) is 4.79 Å². The van der Waals surface area contributed by atoms with Gasteiger partial charge in [-0.1, -0.05) is 0 Å². The number of nitrogens with two attached hydrogens (primary N) is 1. The number of nitrogens with one attached hydrogen (secondary N) is 4. The van der Waals surface area contributed by atoms with Crippen LogP contribution in [-0.2, 0) is 0 Å². The number of fused-ring (bicyclic) bond motifs is 1. The molecule has 0 bridgehead atoms. The number of H-pyrrole nitrogens is 1. The van der Waals surface area contributed by atoms with Gasteiger partial charge < -0.3 is 26.7 Å². The van der Waals surface area contributed by atoms with Crippen LogP contribution in [0.3, 0.4) is 0 Å². The Kier molecular flexibility index (Phi) is 4.40. The van der Waals surface area contributed by atoms with Gasteiger partial charge >= 0.3 is 0 Å². The molecule has 134 valence electrons. The fourth-order valence-corrected chi connectivity index (χ4v) is 3.15. The lowest BCUT2D eigenvalue weighted by Crippen LogP contribution is -2.35. The molecule has 0 spiro atoms. The standard InChI is InChI=1S/C18H21N7O/c19-17(26)15-10-11-9-13(1-2-14(11)24-15)23-18-21-8-5-16(25-18)22-12-3-6-20-7-4-12/h1-2,5,8-10,12,20,24H,3-4,6-7H2,(H2,19,26)(H2,21,22,23,25). The van der Waals surface area contributed by atoms with E-state index >= 15 is 0 Å². The fourth-order valence-electron chi connectivity index (χ4n) is 3.15. The second kappa shape index (κ2) is 7.01. The zero-order valence-corrected chi connectivity index (χ0v) is 14.2. The Labute approximate surface area is 150 Å². The summed E-state index contributed by atoms with van der Waals surface area (Å²) in [5, 5.41) is 10.9. The predicted molar refractivity (Wildman–Crippen MR) is 102 cm³/mol. The van der Waals surface area contributed by atoms with Crippen molar-refractivity contribution in [3.63, 3.8) is 0 Å². The van der Waals surface area contributed by atoms with Gasteiger partial charge in [0.2, 0.25) is 5.95 Å². The highest BCUT2D eigenvalue weighted by atomic mass is 16.1. The molecule has 8 heteroatoms. The number of hydrogen-bond acceptors (Lipinski definition) is 6. The van der Waals surface area contributed by atoms with Crippen LogP contribution in [0.15, 0.2) is 36.5 Å². The van der Waals surface area contributed by atoms with Crippen LogP contribution in [0.1, 0.15) is 23.3 Å². The van der Waals surface area contributed by atoms with E-state index in [4.69, 9.17) is 5.73 Å². The van der Waals surface area contributed by atoms with E-state index in [0.717, 1.165) is 48.3 Å². The van der Waals surface area contributed by atoms with Gasteiger partial charge in [-0.3, -0.25) is 4.79 Å². The van der Waals surface area contributed by atoms with Crippen molar-refractivity contribution in [2.75, 3.05) is 23.7 Å². The smallest absolute Gasteiger partial charge is 0.265 e. The summed E-state index contributed by atoms with van der Waals surface area (Å²) >= 11 is 0. The van der Waals surface area contributed by atoms with Crippen LogP contribution >= 0.6 is 0 Å². The van der Waals surface area contributed by atoms with E-state index in [-0.39, 0.29) is 0 Å². The molecular weight excluding hydrogens is 330 g/mol. The van der Waals surface area contributed by atoms with E-state index in [1.165, 1.54) is 0 Å². The molecule has 1 aliphatic heterocycles. The van der Waals surface area contributed by atoms with Gasteiger partial charge in [-0.25, -0.2) is 4.98 Å². The number of piperidine rings is 1. The number of anilines is 3. The summed E-state index contributed by atoms with van der Waals surface area (Å²) in [6.45, 7) is 2.05. The van der Waals surface area contributed by atoms with Gasteiger partial charge in [-0.05, 0) is 56.3 Å². The van der Waals surface area contributed by atoms with Crippen molar-refractivity contribution in [1.29, 1.82) is 0 Å². The zero-order chi connectivity index (χ0) is 17.9. The van der Waals surface area contributed by atoms with Gasteiger partial charge in [-0.15, -0.1) is 0 Å². The highest BCUT2D eigenvalue weighted by Gasteiger charge is 2.13. The molecule has 0 saturated carbocycles. The molecule has 8 nitrogen and oxygen atoms in total. The van der Waals surface area contributed by atoms with Crippen molar-refractivity contribution in [1.82, 2.24) is 20.3 Å². The SMILES string of the molecule is NC(=O)c1cc2cc(Nc3nccc(NC4CCNCC4)n3)ccc2[nH]1. The third kappa shape index (κ3) is 3.60. The quantitative estimate of drug-likeness (QED) is 0.479. The number of carbonyl (C=O) groups excluding carboxylic acids is 1. The maximum absolute atomic E-state index is 11.3. The Morgan fingerprint density at radius 3 is 2.85 bits per heavy atom. The zero-order valence-electron chi connectivity index (χ0n) is 14.2. The van der Waals surface area contributed by atoms with Crippen molar-refractivity contribution in [3.05, 3.63) is 42.2 Å². The molecule has 1 aromatic carbocycles. The lowest BCUT2D eigenvalue weighted by Gasteiger charge is -2.24. The van der Waals surface area contributed by atoms with Crippen LogP contribution < -0.4 is 21.7 Å². The van der Waals surface area contributed by atoms with Gasteiger partial charge in [0.25, 0.3) is 5.91 Å². The topological polar surface area (TPSA) is 121 Å². The first-order valence-corrected chi connectivity index (χ1v) is 8.67. The third-order valence-electron chi connectivity index (χ3n) is 4.49. The molecule has 26 heavy (non-hydrogen) atoms. The van der Waals surface area contributed by atoms with Gasteiger partial charge in [0.05, 0.1) is 0 Å². The molecule has 2 aromatic heterocycles. The normalized spacial score (nSPS) is 15.1. The first-order valence-electron chi connectivity index (χ1n) is 8.67. The van der Waals surface area contributed by atoms with Crippen molar-refractivity contribution < 1.29 is 4.79 Å². The van der Waals surface area contributed by atoms with E-state index in [2.05, 4.69) is 30.9 Å². The van der Waals surface area contributed by atoms with Gasteiger partial charge in [0.1, 0.15) is 11.5 Å². The van der Waals surface area contributed by atoms with E-state index in [1.54, 1.807) is 12.3 Å². The summed E-state index contributed by atoms with van der Waals surface area (Å²) in [4.78, 5) is 23.1. The van der Waals surface area contributed by atoms with Gasteiger partial charge in [-0.2, -0.15) is 4.98 Å². The Morgan fingerprint density at radius 2 is 2.04 bits per heavy atom. The maximum Gasteiger partial charge on any atom is 0.265 e. The minimum absolute atomic E-state index is 0.390. The number of primary amides is 1. The second-order valence-electron chi connectivity index (χ2n) is 6.41. The summed E-state index contributed by atoms with van der Waals surface area (Å²) in [6, 6.07) is 9.76. The number of aromatic nitrogens is 3. The van der Waals surface area contributed by atoms with Crippen LogP contribution in [0.2, 0.25) is 0 Å². The Bertz CT molecular complexity index is 930. The summed E-state index contributed by atoms with van der Waals surface area (Å²) < 4.78 is 0.